The summed E-state index contributed by atoms with van der Waals surface area (Å²) in [6.07, 6.45) is 2.31. The maximum atomic E-state index is 12.4. The minimum Gasteiger partial charge on any atom is -0.466 e. The number of aliphatic hydroxyl groups excluding tert-OH is 1. The lowest BCUT2D eigenvalue weighted by Crippen LogP contribution is -2.56. The van der Waals surface area contributed by atoms with Gasteiger partial charge >= 0.3 is 5.97 Å². The number of carbonyl (C=O) groups is 1. The Morgan fingerprint density at radius 1 is 1.42 bits per heavy atom. The van der Waals surface area contributed by atoms with Crippen LogP contribution in [0.25, 0.3) is 0 Å². The fourth-order valence-electron chi connectivity index (χ4n) is 4.98. The Balaban J connectivity index is 1.89. The first-order valence-corrected chi connectivity index (χ1v) is 8.89. The van der Waals surface area contributed by atoms with Gasteiger partial charge < -0.3 is 19.0 Å². The number of esters is 1. The first kappa shape index (κ1) is 16.2. The number of aryl methyl sites for hydroxylation is 1. The van der Waals surface area contributed by atoms with E-state index in [0.717, 1.165) is 24.0 Å². The van der Waals surface area contributed by atoms with E-state index in [2.05, 4.69) is 13.8 Å². The number of hydrogen-bond acceptors (Lipinski definition) is 5. The van der Waals surface area contributed by atoms with Crippen molar-refractivity contribution >= 4 is 5.97 Å². The van der Waals surface area contributed by atoms with Crippen molar-refractivity contribution < 1.29 is 23.8 Å². The highest BCUT2D eigenvalue weighted by Gasteiger charge is 2.79. The Kier molecular flexibility index (Phi) is 3.27. The Labute approximate surface area is 142 Å². The van der Waals surface area contributed by atoms with Gasteiger partial charge in [-0.15, -0.1) is 0 Å². The molecule has 0 amide bonds. The van der Waals surface area contributed by atoms with Gasteiger partial charge in [0.2, 0.25) is 0 Å². The fraction of sp³-hybridized carbons (Fsp3) is 0.737. The number of hydrogen-bond donors (Lipinski definition) is 1. The van der Waals surface area contributed by atoms with Gasteiger partial charge in [-0.05, 0) is 31.2 Å². The Hall–Kier alpha value is -1.33. The summed E-state index contributed by atoms with van der Waals surface area (Å²) in [6, 6.07) is 0. The van der Waals surface area contributed by atoms with Crippen LogP contribution in [0.4, 0.5) is 0 Å². The number of carbonyl (C=O) groups excluding carboxylic acids is 1. The highest BCUT2D eigenvalue weighted by atomic mass is 16.6. The van der Waals surface area contributed by atoms with E-state index in [-0.39, 0.29) is 23.9 Å². The number of rotatable bonds is 2. The zero-order chi connectivity index (χ0) is 17.4. The molecule has 1 N–H and O–H groups in total. The van der Waals surface area contributed by atoms with Crippen LogP contribution in [-0.4, -0.2) is 22.8 Å². The normalized spacial score (nSPS) is 43.0. The molecular weight excluding hydrogens is 308 g/mol. The van der Waals surface area contributed by atoms with Crippen LogP contribution in [0.3, 0.4) is 0 Å². The molecule has 2 heterocycles. The number of furan rings is 1. The Morgan fingerprint density at radius 3 is 2.79 bits per heavy atom. The van der Waals surface area contributed by atoms with Gasteiger partial charge in [-0.1, -0.05) is 27.7 Å². The van der Waals surface area contributed by atoms with Crippen LogP contribution in [0, 0.1) is 24.2 Å². The monoisotopic (exact) mass is 334 g/mol. The van der Waals surface area contributed by atoms with Gasteiger partial charge in [-0.3, -0.25) is 4.79 Å². The molecule has 0 radical (unpaired) electrons. The molecule has 1 aromatic rings. The molecule has 5 nitrogen and oxygen atoms in total. The van der Waals surface area contributed by atoms with E-state index in [1.807, 2.05) is 20.8 Å². The molecule has 0 unspecified atom stereocenters. The van der Waals surface area contributed by atoms with Crippen LogP contribution in [-0.2, 0) is 14.3 Å². The molecule has 1 saturated carbocycles. The molecule has 1 aromatic heterocycles. The van der Waals surface area contributed by atoms with Crippen molar-refractivity contribution in [1.82, 2.24) is 0 Å². The van der Waals surface area contributed by atoms with Crippen LogP contribution in [0.5, 0.6) is 0 Å². The molecule has 1 aliphatic heterocycles. The number of fused-ring (bicyclic) bond motifs is 1. The SMILES string of the molecule is Cc1coc2c1[C@@H](OC(=O)C(C)C)[C@]1(C)[C@@H](C)CC[C@H]3O[C@]31[C@H]2O. The summed E-state index contributed by atoms with van der Waals surface area (Å²) in [5, 5.41) is 11.1. The number of epoxide rings is 1. The highest BCUT2D eigenvalue weighted by Crippen LogP contribution is 2.73. The third kappa shape index (κ3) is 1.70. The maximum Gasteiger partial charge on any atom is 0.309 e. The van der Waals surface area contributed by atoms with Gasteiger partial charge in [-0.25, -0.2) is 0 Å². The molecule has 3 aliphatic rings. The van der Waals surface area contributed by atoms with E-state index in [9.17, 15) is 9.90 Å². The zero-order valence-corrected chi connectivity index (χ0v) is 15.0. The molecule has 132 valence electrons. The molecule has 2 fully saturated rings. The van der Waals surface area contributed by atoms with Crippen LogP contribution in [0.15, 0.2) is 10.7 Å². The molecule has 24 heavy (non-hydrogen) atoms. The summed E-state index contributed by atoms with van der Waals surface area (Å²) in [7, 11) is 0. The lowest BCUT2D eigenvalue weighted by atomic mass is 9.53. The van der Waals surface area contributed by atoms with E-state index < -0.39 is 23.2 Å². The maximum absolute atomic E-state index is 12.4. The lowest BCUT2D eigenvalue weighted by molar-refractivity contribution is -0.183. The Morgan fingerprint density at radius 2 is 2.12 bits per heavy atom. The molecule has 0 bridgehead atoms. The predicted molar refractivity (Wildman–Crippen MR) is 86.2 cm³/mol. The van der Waals surface area contributed by atoms with Crippen molar-refractivity contribution in [3.63, 3.8) is 0 Å². The van der Waals surface area contributed by atoms with Crippen molar-refractivity contribution in [2.45, 2.75) is 71.4 Å². The molecule has 6 atom stereocenters. The van der Waals surface area contributed by atoms with E-state index in [4.69, 9.17) is 13.9 Å². The van der Waals surface area contributed by atoms with Gasteiger partial charge in [0.1, 0.15) is 23.6 Å². The summed E-state index contributed by atoms with van der Waals surface area (Å²) in [6.45, 7) is 9.88. The van der Waals surface area contributed by atoms with E-state index in [1.54, 1.807) is 6.26 Å². The number of aliphatic hydroxyl groups is 1. The van der Waals surface area contributed by atoms with Crippen LogP contribution < -0.4 is 0 Å². The largest absolute Gasteiger partial charge is 0.466 e. The first-order valence-electron chi connectivity index (χ1n) is 8.89. The predicted octanol–water partition coefficient (Wildman–Crippen LogP) is 3.45. The van der Waals surface area contributed by atoms with Gasteiger partial charge in [0.25, 0.3) is 0 Å². The van der Waals surface area contributed by atoms with Crippen molar-refractivity contribution in [2.75, 3.05) is 0 Å². The summed E-state index contributed by atoms with van der Waals surface area (Å²) >= 11 is 0. The second kappa shape index (κ2) is 4.85. The summed E-state index contributed by atoms with van der Waals surface area (Å²) < 4.78 is 17.8. The number of ether oxygens (including phenoxy) is 2. The third-order valence-corrected chi connectivity index (χ3v) is 6.71. The Bertz CT molecular complexity index is 692. The van der Waals surface area contributed by atoms with Gasteiger partial charge in [-0.2, -0.15) is 0 Å². The third-order valence-electron chi connectivity index (χ3n) is 6.71. The molecule has 1 spiro atoms. The lowest BCUT2D eigenvalue weighted by Gasteiger charge is -2.52. The topological polar surface area (TPSA) is 72.2 Å². The standard InChI is InChI=1S/C19H26O5/c1-9(2)17(21)23-16-13-10(3)8-22-14(13)15(20)19-12(24-19)7-6-11(4)18(16,19)5/h8-9,11-12,15-16,20H,6-7H2,1-5H3/t11-,12+,15-,16+,18-,19-/m0/s1. The molecule has 1 saturated heterocycles. The molecule has 5 heteroatoms. The van der Waals surface area contributed by atoms with E-state index >= 15 is 0 Å². The zero-order valence-electron chi connectivity index (χ0n) is 15.0. The smallest absolute Gasteiger partial charge is 0.309 e. The summed E-state index contributed by atoms with van der Waals surface area (Å²) in [5.41, 5.74) is 0.565. The minimum absolute atomic E-state index is 0.00695. The van der Waals surface area contributed by atoms with Gasteiger partial charge in [0, 0.05) is 11.0 Å². The van der Waals surface area contributed by atoms with Crippen LogP contribution in [0.1, 0.15) is 69.6 Å². The summed E-state index contributed by atoms with van der Waals surface area (Å²) in [4.78, 5) is 12.4. The minimum atomic E-state index is -0.812. The van der Waals surface area contributed by atoms with Crippen molar-refractivity contribution in [1.29, 1.82) is 0 Å². The molecular formula is C19H26O5. The van der Waals surface area contributed by atoms with Crippen molar-refractivity contribution in [3.8, 4) is 0 Å². The van der Waals surface area contributed by atoms with Gasteiger partial charge in [0.15, 0.2) is 0 Å². The second-order valence-electron chi connectivity index (χ2n) is 8.23. The molecule has 4 rings (SSSR count). The average molecular weight is 334 g/mol. The van der Waals surface area contributed by atoms with Crippen molar-refractivity contribution in [3.05, 3.63) is 23.2 Å². The van der Waals surface area contributed by atoms with E-state index in [1.165, 1.54) is 0 Å². The quantitative estimate of drug-likeness (QED) is 0.662. The summed E-state index contributed by atoms with van der Waals surface area (Å²) in [5.74, 6) is 0.331. The molecule has 0 aromatic carbocycles. The van der Waals surface area contributed by atoms with Crippen molar-refractivity contribution in [2.24, 2.45) is 17.3 Å². The second-order valence-corrected chi connectivity index (χ2v) is 8.23. The van der Waals surface area contributed by atoms with Gasteiger partial charge in [0.05, 0.1) is 18.3 Å². The highest BCUT2D eigenvalue weighted by molar-refractivity contribution is 5.72. The first-order chi connectivity index (χ1) is 11.2. The van der Waals surface area contributed by atoms with Crippen LogP contribution >= 0.6 is 0 Å². The molecule has 2 aliphatic carbocycles. The average Bonchev–Trinajstić information content (AvgIpc) is 3.17. The van der Waals surface area contributed by atoms with Crippen LogP contribution in [0.2, 0.25) is 0 Å². The fourth-order valence-corrected chi connectivity index (χ4v) is 4.98. The van der Waals surface area contributed by atoms with E-state index in [0.29, 0.717) is 5.76 Å².